The average molecular weight is 1460 g/mol. The van der Waals surface area contributed by atoms with Crippen LogP contribution in [0.1, 0.15) is 0 Å². The summed E-state index contributed by atoms with van der Waals surface area (Å²) in [5.41, 5.74) is 22.0. The van der Waals surface area contributed by atoms with E-state index in [9.17, 15) is 9.59 Å². The first-order chi connectivity index (χ1) is 50.8. The number of hydrogen-bond acceptors (Lipinski definition) is 5. The summed E-state index contributed by atoms with van der Waals surface area (Å²) in [5, 5.41) is 3.38. The molecule has 0 aliphatic heterocycles. The van der Waals surface area contributed by atoms with Gasteiger partial charge in [-0.15, -0.1) is 0 Å². The number of imidazole rings is 2. The Bertz CT molecular complexity index is 5470. The van der Waals surface area contributed by atoms with Crippen LogP contribution in [0.3, 0.4) is 0 Å². The number of nitrogens with zero attached hydrogens (tertiary/aromatic N) is 6. The van der Waals surface area contributed by atoms with Crippen LogP contribution in [0.5, 0.6) is 0 Å². The van der Waals surface area contributed by atoms with E-state index in [1.54, 1.807) is 18.3 Å². The highest BCUT2D eigenvalue weighted by molar-refractivity contribution is 9.10. The van der Waals surface area contributed by atoms with E-state index in [1.165, 1.54) is 22.3 Å². The molecule has 0 amide bonds. The fraction of sp³-hybridized carbons (Fsp3) is 0. The molecule has 2 aromatic heterocycles. The van der Waals surface area contributed by atoms with Crippen molar-refractivity contribution in [1.82, 2.24) is 18.3 Å². The fourth-order valence-corrected chi connectivity index (χ4v) is 13.5. The van der Waals surface area contributed by atoms with Crippen molar-refractivity contribution in [3.05, 3.63) is 430 Å². The standard InChI is InChI=1S/C55H40N4O.C19H12Br2N2O.C18H15N/c60-55-58(51-37-33-49(34-38-51)56(45-19-9-3-10-20-45)47-29-25-43(26-30-47)41-15-5-1-6-16-41)53-23-13-14-24-54(53)59(55)52-39-35-50(36-40-52)57(46-21-11-4-12-22-46)48-31-27-44(28-32-48)42-17-7-2-8-18-42;20-13-5-9-15(10-6-13)22-17-3-1-2-4-18(17)23(19(22)24)16-11-7-14(21)8-12-16;1-3-7-15(8-4-1)16-11-13-18(14-12-16)19-17-9-5-2-6-10-17/h1-40H;1-12H;1-14,19H. The van der Waals surface area contributed by atoms with Crippen LogP contribution in [0.4, 0.5) is 45.5 Å². The summed E-state index contributed by atoms with van der Waals surface area (Å²) >= 11 is 6.88. The SMILES string of the molecule is O=c1n(-c2ccc(Br)cc2)c2ccccc2n1-c1ccc(Br)cc1.O=c1n(-c2ccc(N(c3ccccc3)c3ccc(-c4ccccc4)cc3)cc2)c2ccccc2n1-c1ccc(N(c2ccccc2)c2ccc(-c3ccccc3)cc2)cc1.c1ccc(Nc2ccc(-c3ccccc3)cc2)cc1. The van der Waals surface area contributed by atoms with Gasteiger partial charge in [0.05, 0.1) is 44.8 Å². The van der Waals surface area contributed by atoms with E-state index in [0.29, 0.717) is 0 Å². The Labute approximate surface area is 614 Å². The Kier molecular flexibility index (Phi) is 19.7. The van der Waals surface area contributed by atoms with Crippen LogP contribution < -0.4 is 26.5 Å². The molecule has 0 spiro atoms. The van der Waals surface area contributed by atoms with Gasteiger partial charge in [-0.3, -0.25) is 18.3 Å². The Morgan fingerprint density at radius 1 is 0.204 bits per heavy atom. The van der Waals surface area contributed by atoms with E-state index in [-0.39, 0.29) is 11.4 Å². The lowest BCUT2D eigenvalue weighted by Gasteiger charge is -2.26. The van der Waals surface area contributed by atoms with Crippen LogP contribution in [-0.4, -0.2) is 18.3 Å². The molecule has 9 nitrogen and oxygen atoms in total. The van der Waals surface area contributed by atoms with Gasteiger partial charge in [0.15, 0.2) is 0 Å². The Morgan fingerprint density at radius 3 is 0.699 bits per heavy atom. The maximum Gasteiger partial charge on any atom is 0.338 e. The van der Waals surface area contributed by atoms with E-state index >= 15 is 0 Å². The zero-order chi connectivity index (χ0) is 69.9. The predicted molar refractivity (Wildman–Crippen MR) is 435 cm³/mol. The van der Waals surface area contributed by atoms with Crippen LogP contribution in [-0.2, 0) is 0 Å². The van der Waals surface area contributed by atoms with Gasteiger partial charge in [0, 0.05) is 54.4 Å². The minimum Gasteiger partial charge on any atom is -0.356 e. The Morgan fingerprint density at radius 2 is 0.408 bits per heavy atom. The largest absolute Gasteiger partial charge is 0.356 e. The molecule has 15 aromatic carbocycles. The normalized spacial score (nSPS) is 10.9. The molecule has 0 radical (unpaired) electrons. The molecule has 1 N–H and O–H groups in total. The molecule has 0 saturated carbocycles. The summed E-state index contributed by atoms with van der Waals surface area (Å²) in [7, 11) is 0. The van der Waals surface area contributed by atoms with Crippen molar-refractivity contribution in [1.29, 1.82) is 0 Å². The van der Waals surface area contributed by atoms with Gasteiger partial charge in [-0.25, -0.2) is 9.59 Å². The van der Waals surface area contributed by atoms with Crippen molar-refractivity contribution in [3.63, 3.8) is 0 Å². The van der Waals surface area contributed by atoms with Gasteiger partial charge in [0.2, 0.25) is 0 Å². The molecule has 0 unspecified atom stereocenters. The van der Waals surface area contributed by atoms with Gasteiger partial charge in [-0.2, -0.15) is 0 Å². The molecular formula is C92H67Br2N7O2. The minimum absolute atomic E-state index is 0.0826. The number of benzene rings is 15. The smallest absolute Gasteiger partial charge is 0.338 e. The number of nitrogens with one attached hydrogen (secondary N) is 1. The van der Waals surface area contributed by atoms with Crippen molar-refractivity contribution in [2.45, 2.75) is 0 Å². The lowest BCUT2D eigenvalue weighted by molar-refractivity contribution is 0.930. The van der Waals surface area contributed by atoms with Gasteiger partial charge < -0.3 is 15.1 Å². The first-order valence-corrected chi connectivity index (χ1v) is 35.5. The van der Waals surface area contributed by atoms with Crippen molar-refractivity contribution in [3.8, 4) is 56.1 Å². The van der Waals surface area contributed by atoms with Gasteiger partial charge in [0.25, 0.3) is 0 Å². The molecule has 2 heterocycles. The van der Waals surface area contributed by atoms with Crippen molar-refractivity contribution in [2.75, 3.05) is 15.1 Å². The summed E-state index contributed by atoms with van der Waals surface area (Å²) in [5.74, 6) is 0. The molecule has 103 heavy (non-hydrogen) atoms. The van der Waals surface area contributed by atoms with Crippen molar-refractivity contribution < 1.29 is 0 Å². The molecule has 0 saturated heterocycles. The van der Waals surface area contributed by atoms with E-state index in [4.69, 9.17) is 0 Å². The quantitative estimate of drug-likeness (QED) is 0.111. The highest BCUT2D eigenvalue weighted by Crippen LogP contribution is 2.39. The monoisotopic (exact) mass is 1460 g/mol. The van der Waals surface area contributed by atoms with Crippen LogP contribution in [0.2, 0.25) is 0 Å². The number of fused-ring (bicyclic) bond motifs is 2. The minimum atomic E-state index is -0.135. The van der Waals surface area contributed by atoms with Crippen LogP contribution in [0, 0.1) is 0 Å². The highest BCUT2D eigenvalue weighted by Gasteiger charge is 2.21. The molecule has 17 aromatic rings. The average Bonchev–Trinajstić information content (AvgIpc) is 1.61. The zero-order valence-electron chi connectivity index (χ0n) is 55.9. The van der Waals surface area contributed by atoms with E-state index < -0.39 is 0 Å². The zero-order valence-corrected chi connectivity index (χ0v) is 59.0. The molecular weight excluding hydrogens is 1390 g/mol. The number of halogens is 2. The fourth-order valence-electron chi connectivity index (χ4n) is 13.0. The van der Waals surface area contributed by atoms with Gasteiger partial charge in [0.1, 0.15) is 0 Å². The third kappa shape index (κ3) is 14.6. The molecule has 0 fully saturated rings. The van der Waals surface area contributed by atoms with E-state index in [0.717, 1.165) is 110 Å². The first-order valence-electron chi connectivity index (χ1n) is 33.9. The summed E-state index contributed by atoms with van der Waals surface area (Å²) in [6.07, 6.45) is 0. The summed E-state index contributed by atoms with van der Waals surface area (Å²) < 4.78 is 9.05. The maximum atomic E-state index is 14.6. The molecule has 17 rings (SSSR count). The number of rotatable bonds is 15. The lowest BCUT2D eigenvalue weighted by atomic mass is 10.0. The van der Waals surface area contributed by atoms with Gasteiger partial charge in [-0.1, -0.05) is 238 Å². The molecule has 0 bridgehead atoms. The predicted octanol–water partition coefficient (Wildman–Crippen LogP) is 24.5. The van der Waals surface area contributed by atoms with Crippen molar-refractivity contribution >= 4 is 99.4 Å². The second-order valence-corrected chi connectivity index (χ2v) is 26.3. The number of aromatic nitrogens is 4. The number of hydrogen-bond donors (Lipinski definition) is 1. The van der Waals surface area contributed by atoms with Crippen molar-refractivity contribution in [2.24, 2.45) is 0 Å². The molecule has 0 aliphatic rings. The first kappa shape index (κ1) is 66.1. The third-order valence-corrected chi connectivity index (χ3v) is 19.0. The second-order valence-electron chi connectivity index (χ2n) is 24.5. The summed E-state index contributed by atoms with van der Waals surface area (Å²) in [4.78, 5) is 32.3. The maximum absolute atomic E-state index is 14.6. The van der Waals surface area contributed by atoms with E-state index in [2.05, 4.69) is 277 Å². The lowest BCUT2D eigenvalue weighted by Crippen LogP contribution is -2.22. The van der Waals surface area contributed by atoms with Crippen LogP contribution >= 0.6 is 31.9 Å². The molecule has 0 aliphatic carbocycles. The second kappa shape index (κ2) is 30.8. The van der Waals surface area contributed by atoms with Crippen LogP contribution in [0.15, 0.2) is 419 Å². The molecule has 496 valence electrons. The molecule has 0 atom stereocenters. The van der Waals surface area contributed by atoms with Crippen LogP contribution in [0.25, 0.3) is 78.2 Å². The highest BCUT2D eigenvalue weighted by atomic mass is 79.9. The topological polar surface area (TPSA) is 72.4 Å². The van der Waals surface area contributed by atoms with Gasteiger partial charge in [-0.05, 0) is 228 Å². The molecule has 11 heteroatoms. The summed E-state index contributed by atoms with van der Waals surface area (Å²) in [6.45, 7) is 0. The number of para-hydroxylation sites is 7. The Balaban J connectivity index is 0.000000161. The van der Waals surface area contributed by atoms with E-state index in [1.807, 2.05) is 170 Å². The third-order valence-electron chi connectivity index (χ3n) is 17.9. The summed E-state index contributed by atoms with van der Waals surface area (Å²) in [6, 6.07) is 136. The van der Waals surface area contributed by atoms with Gasteiger partial charge >= 0.3 is 11.4 Å². The number of anilines is 8. The Hall–Kier alpha value is -12.8.